The Balaban J connectivity index is 0.000000486. The van der Waals surface area contributed by atoms with Crippen LogP contribution in [0.1, 0.15) is 12.6 Å². The zero-order valence-electron chi connectivity index (χ0n) is 27.6. The minimum absolute atomic E-state index is 0.0517. The van der Waals surface area contributed by atoms with Gasteiger partial charge in [-0.05, 0) is 6.42 Å². The number of primary amides is 1. The number of ether oxygens (including phenoxy) is 3. The molecule has 0 saturated carbocycles. The van der Waals surface area contributed by atoms with Crippen molar-refractivity contribution in [3.8, 4) is 0 Å². The first-order valence-corrected chi connectivity index (χ1v) is 18.7. The molecule has 2 aromatic heterocycles. The molecule has 0 aliphatic carbocycles. The maximum atomic E-state index is 12.4. The number of aliphatic hydroxyl groups is 8. The van der Waals surface area contributed by atoms with Crippen LogP contribution in [0.3, 0.4) is 0 Å². The molecular formula is C26H39N7O19P2. The van der Waals surface area contributed by atoms with Gasteiger partial charge in [0.2, 0.25) is 5.91 Å². The van der Waals surface area contributed by atoms with Gasteiger partial charge in [-0.25, -0.2) is 24.1 Å². The average Bonchev–Trinajstić information content (AvgIpc) is 3.77. The number of hydrogen-bond donors (Lipinski definition) is 12. The lowest BCUT2D eigenvalue weighted by molar-refractivity contribution is -0.252. The molecule has 3 saturated heterocycles. The predicted octanol–water partition coefficient (Wildman–Crippen LogP) is -5.27. The fourth-order valence-corrected chi connectivity index (χ4v) is 7.56. The van der Waals surface area contributed by atoms with Crippen molar-refractivity contribution in [1.82, 2.24) is 24.4 Å². The highest BCUT2D eigenvalue weighted by molar-refractivity contribution is 7.61. The van der Waals surface area contributed by atoms with E-state index in [2.05, 4.69) is 24.0 Å². The first kappa shape index (κ1) is 42.1. The van der Waals surface area contributed by atoms with E-state index in [0.717, 1.165) is 6.33 Å². The molecule has 14 atom stereocenters. The molecule has 26 nitrogen and oxygen atoms in total. The lowest BCUT2D eigenvalue weighted by atomic mass is 10.1. The minimum atomic E-state index is -5.37. The molecule has 0 aromatic carbocycles. The van der Waals surface area contributed by atoms with Gasteiger partial charge >= 0.3 is 15.6 Å². The summed E-state index contributed by atoms with van der Waals surface area (Å²) in [6, 6.07) is 0. The number of carbonyl (C=O) groups is 1. The predicted molar refractivity (Wildman–Crippen MR) is 172 cm³/mol. The molecule has 6 rings (SSSR count). The third kappa shape index (κ3) is 9.47. The second-order valence-electron chi connectivity index (χ2n) is 12.1. The van der Waals surface area contributed by atoms with Gasteiger partial charge in [0, 0.05) is 18.0 Å². The summed E-state index contributed by atoms with van der Waals surface area (Å²) in [5.74, 6) is -0.658. The second-order valence-corrected chi connectivity index (χ2v) is 15.2. The van der Waals surface area contributed by atoms with E-state index >= 15 is 0 Å². The lowest BCUT2D eigenvalue weighted by Gasteiger charge is -2.31. The molecular weight excluding hydrogens is 776 g/mol. The van der Waals surface area contributed by atoms with Crippen molar-refractivity contribution in [2.75, 3.05) is 25.6 Å². The fraction of sp³-hybridized carbons (Fsp3) is 0.615. The summed E-state index contributed by atoms with van der Waals surface area (Å²) in [6.45, 7) is -1.94. The van der Waals surface area contributed by atoms with Crippen LogP contribution in [-0.2, 0) is 41.5 Å². The monoisotopic (exact) mass is 815 g/mol. The van der Waals surface area contributed by atoms with E-state index in [4.69, 9.17) is 50.4 Å². The normalized spacial score (nSPS) is 36.3. The van der Waals surface area contributed by atoms with Gasteiger partial charge in [-0.1, -0.05) is 6.08 Å². The minimum Gasteiger partial charge on any atom is -0.388 e. The number of rotatable bonds is 11. The van der Waals surface area contributed by atoms with Crippen molar-refractivity contribution in [2.24, 2.45) is 5.73 Å². The Morgan fingerprint density at radius 2 is 1.44 bits per heavy atom. The number of phosphoric ester groups is 2. The van der Waals surface area contributed by atoms with E-state index in [1.807, 2.05) is 0 Å². The molecule has 4 aliphatic heterocycles. The molecule has 2 aromatic rings. The van der Waals surface area contributed by atoms with Crippen molar-refractivity contribution in [1.29, 1.82) is 0 Å². The highest BCUT2D eigenvalue weighted by atomic mass is 31.3. The second kappa shape index (κ2) is 17.0. The molecule has 54 heavy (non-hydrogen) atoms. The van der Waals surface area contributed by atoms with Gasteiger partial charge in [0.15, 0.2) is 30.2 Å². The molecule has 14 N–H and O–H groups in total. The van der Waals surface area contributed by atoms with Gasteiger partial charge in [0.1, 0.15) is 66.8 Å². The Morgan fingerprint density at radius 1 is 0.852 bits per heavy atom. The van der Waals surface area contributed by atoms with Gasteiger partial charge < -0.3 is 81.2 Å². The Morgan fingerprint density at radius 3 is 2.04 bits per heavy atom. The number of phosphoric acid groups is 2. The highest BCUT2D eigenvalue weighted by Gasteiger charge is 2.48. The number of amides is 1. The summed E-state index contributed by atoms with van der Waals surface area (Å²) in [6.07, 6.45) is -10.1. The summed E-state index contributed by atoms with van der Waals surface area (Å²) in [5, 5.41) is 76.9. The summed E-state index contributed by atoms with van der Waals surface area (Å²) in [5.41, 5.74) is 11.6. The molecule has 28 heteroatoms. The number of nitrogens with zero attached hydrogens (tertiary/aromatic N) is 5. The zero-order chi connectivity index (χ0) is 39.7. The Bertz CT molecular complexity index is 1790. The van der Waals surface area contributed by atoms with Gasteiger partial charge in [-0.2, -0.15) is 4.31 Å². The standard InChI is InChI=1S/C21H29N7O14P2.C5H10O5/c22-17-12-19(25-7-24-17)28(8-26-12)21-16(32)14(30)11(41-21)6-39-44(36,37)42-43(34,35)38-5-10-13(29)15(31)20(40-10)27-3-1-2-9(4-27)18(23)33;6-2-1-10-5(9)4(8)3(2)7/h1,3-4,7-8,10-11,13-16,20-21,29-32H,2,5-6H2,(H2,23,33)(H,34,35)(H,36,37)(H2,22,24,25);2-9H,1H2/t10-,11-,13?,14-,15?,16-,20?,21-;2-,3+,4-,5?/m11/s1. The summed E-state index contributed by atoms with van der Waals surface area (Å²) in [7, 11) is -10.7. The van der Waals surface area contributed by atoms with E-state index in [1.54, 1.807) is 6.08 Å². The van der Waals surface area contributed by atoms with Crippen LogP contribution in [0.25, 0.3) is 11.2 Å². The van der Waals surface area contributed by atoms with Crippen molar-refractivity contribution < 1.29 is 92.1 Å². The van der Waals surface area contributed by atoms with Crippen molar-refractivity contribution in [3.63, 3.8) is 0 Å². The molecule has 6 heterocycles. The quantitative estimate of drug-likeness (QED) is 0.0943. The smallest absolute Gasteiger partial charge is 0.388 e. The van der Waals surface area contributed by atoms with Crippen LogP contribution in [0.2, 0.25) is 0 Å². The van der Waals surface area contributed by atoms with E-state index < -0.39 is 108 Å². The number of carbonyl (C=O) groups excluding carboxylic acids is 1. The number of aliphatic hydroxyl groups excluding tert-OH is 8. The summed E-state index contributed by atoms with van der Waals surface area (Å²) < 4.78 is 55.3. The largest absolute Gasteiger partial charge is 0.481 e. The molecule has 302 valence electrons. The van der Waals surface area contributed by atoms with Gasteiger partial charge in [0.05, 0.1) is 26.1 Å². The average molecular weight is 816 g/mol. The Hall–Kier alpha value is -3.08. The van der Waals surface area contributed by atoms with Crippen LogP contribution in [0.4, 0.5) is 5.82 Å². The lowest BCUT2D eigenvalue weighted by Crippen LogP contribution is -2.52. The van der Waals surface area contributed by atoms with Crippen molar-refractivity contribution in [3.05, 3.63) is 36.7 Å². The van der Waals surface area contributed by atoms with E-state index in [-0.39, 0.29) is 35.6 Å². The van der Waals surface area contributed by atoms with Crippen LogP contribution in [0.15, 0.2) is 36.7 Å². The maximum absolute atomic E-state index is 12.4. The number of aromatic nitrogens is 4. The van der Waals surface area contributed by atoms with Gasteiger partial charge in [-0.3, -0.25) is 18.4 Å². The third-order valence-electron chi connectivity index (χ3n) is 8.35. The maximum Gasteiger partial charge on any atom is 0.481 e. The summed E-state index contributed by atoms with van der Waals surface area (Å²) in [4.78, 5) is 44.6. The number of fused-ring (bicyclic) bond motifs is 1. The summed E-state index contributed by atoms with van der Waals surface area (Å²) >= 11 is 0. The first-order valence-electron chi connectivity index (χ1n) is 15.7. The van der Waals surface area contributed by atoms with Crippen LogP contribution < -0.4 is 11.5 Å². The van der Waals surface area contributed by atoms with E-state index in [0.29, 0.717) is 0 Å². The van der Waals surface area contributed by atoms with E-state index in [1.165, 1.54) is 28.2 Å². The number of nitrogens with two attached hydrogens (primary N) is 2. The SMILES string of the molecule is NC(=O)C1=CN(C2O[C@H](COP(=O)(O)OP(=O)(O)OC[C@H]3O[C@@H](n4cnc5c(N)ncnc54)[C@H](O)[C@@H]3O)C(O)C2O)C=CC1.OC1OC[C@@H](O)[C@H](O)[C@H]1O. The van der Waals surface area contributed by atoms with Crippen molar-refractivity contribution >= 4 is 38.5 Å². The van der Waals surface area contributed by atoms with Crippen LogP contribution >= 0.6 is 15.6 Å². The molecule has 1 amide bonds. The topological polar surface area (TPSA) is 408 Å². The number of imidazole rings is 1. The van der Waals surface area contributed by atoms with Gasteiger partial charge in [-0.15, -0.1) is 0 Å². The number of hydrogen-bond acceptors (Lipinski definition) is 22. The molecule has 0 radical (unpaired) electrons. The highest BCUT2D eigenvalue weighted by Crippen LogP contribution is 2.60. The van der Waals surface area contributed by atoms with Crippen LogP contribution in [-0.4, -0.2) is 168 Å². The molecule has 0 spiro atoms. The van der Waals surface area contributed by atoms with Crippen LogP contribution in [0, 0.1) is 0 Å². The van der Waals surface area contributed by atoms with Gasteiger partial charge in [0.25, 0.3) is 0 Å². The first-order chi connectivity index (χ1) is 25.3. The van der Waals surface area contributed by atoms with Crippen molar-refractivity contribution in [2.45, 2.75) is 80.1 Å². The Labute approximate surface area is 303 Å². The third-order valence-corrected chi connectivity index (χ3v) is 11.0. The number of allylic oxidation sites excluding steroid dienone is 1. The fourth-order valence-electron chi connectivity index (χ4n) is 5.47. The molecule has 4 aliphatic rings. The van der Waals surface area contributed by atoms with E-state index in [9.17, 15) is 44.1 Å². The zero-order valence-corrected chi connectivity index (χ0v) is 29.4. The molecule has 6 unspecified atom stereocenters. The van der Waals surface area contributed by atoms with Crippen LogP contribution in [0.5, 0.6) is 0 Å². The Kier molecular flexibility index (Phi) is 13.2. The molecule has 3 fully saturated rings. The number of nitrogen functional groups attached to an aromatic ring is 1. The number of anilines is 1. The molecule has 0 bridgehead atoms.